The molecule has 0 aliphatic carbocycles. The molecule has 6 nitrogen and oxygen atoms in total. The Morgan fingerprint density at radius 2 is 1.84 bits per heavy atom. The van der Waals surface area contributed by atoms with E-state index in [4.69, 9.17) is 0 Å². The van der Waals surface area contributed by atoms with Crippen molar-refractivity contribution < 1.29 is 18.4 Å². The third kappa shape index (κ3) is 1.81. The van der Waals surface area contributed by atoms with Crippen LogP contribution in [0.4, 0.5) is 4.79 Å². The molecule has 1 aromatic carbocycles. The fourth-order valence-corrected chi connectivity index (χ4v) is 4.51. The molecule has 0 unspecified atom stereocenters. The lowest BCUT2D eigenvalue weighted by Gasteiger charge is -2.29. The molecular weight excluding hydrogens is 268 g/mol. The quantitative estimate of drug-likeness (QED) is 0.823. The van der Waals surface area contributed by atoms with Crippen molar-refractivity contribution in [1.29, 1.82) is 0 Å². The Morgan fingerprint density at radius 3 is 2.53 bits per heavy atom. The van der Waals surface area contributed by atoms with E-state index in [2.05, 4.69) is 0 Å². The van der Waals surface area contributed by atoms with Crippen LogP contribution in [0.5, 0.6) is 0 Å². The molecule has 0 radical (unpaired) electrons. The van der Waals surface area contributed by atoms with Crippen molar-refractivity contribution in [1.82, 2.24) is 9.96 Å². The summed E-state index contributed by atoms with van der Waals surface area (Å²) >= 11 is 0. The second-order valence-corrected chi connectivity index (χ2v) is 6.93. The van der Waals surface area contributed by atoms with Gasteiger partial charge in [0.05, 0.1) is 10.9 Å². The zero-order chi connectivity index (χ0) is 13.6. The molecule has 2 aliphatic heterocycles. The van der Waals surface area contributed by atoms with Crippen molar-refractivity contribution in [3.8, 4) is 0 Å². The number of nitrogens with zero attached hydrogens (tertiary/aromatic N) is 2. The molecule has 2 fully saturated rings. The molecular formula is C12H14N2O4S. The zero-order valence-electron chi connectivity index (χ0n) is 10.1. The van der Waals surface area contributed by atoms with E-state index in [0.29, 0.717) is 17.9 Å². The number of piperidine rings is 1. The minimum Gasteiger partial charge on any atom is -0.303 e. The highest BCUT2D eigenvalue weighted by atomic mass is 32.2. The van der Waals surface area contributed by atoms with Crippen LogP contribution >= 0.6 is 0 Å². The fraction of sp³-hybridized carbons (Fsp3) is 0.417. The van der Waals surface area contributed by atoms with Gasteiger partial charge in [0.2, 0.25) is 0 Å². The van der Waals surface area contributed by atoms with E-state index in [1.54, 1.807) is 18.2 Å². The molecule has 2 aliphatic rings. The van der Waals surface area contributed by atoms with E-state index < -0.39 is 21.2 Å². The molecule has 2 heterocycles. The highest BCUT2D eigenvalue weighted by molar-refractivity contribution is 7.92. The number of hydrogen-bond acceptors (Lipinski definition) is 4. The maximum Gasteiger partial charge on any atom is 0.345 e. The Hall–Kier alpha value is -1.60. The van der Waals surface area contributed by atoms with E-state index in [-0.39, 0.29) is 17.5 Å². The number of urea groups is 1. The molecule has 0 spiro atoms. The number of benzene rings is 1. The number of sulfone groups is 1. The summed E-state index contributed by atoms with van der Waals surface area (Å²) in [5.41, 5.74) is 0. The van der Waals surface area contributed by atoms with Gasteiger partial charge in [-0.3, -0.25) is 5.21 Å². The Balaban J connectivity index is 1.97. The van der Waals surface area contributed by atoms with Crippen LogP contribution in [0.25, 0.3) is 0 Å². The van der Waals surface area contributed by atoms with E-state index in [9.17, 15) is 18.4 Å². The maximum atomic E-state index is 12.5. The van der Waals surface area contributed by atoms with Crippen LogP contribution < -0.4 is 0 Å². The lowest BCUT2D eigenvalue weighted by atomic mass is 10.1. The van der Waals surface area contributed by atoms with Crippen molar-refractivity contribution in [2.75, 3.05) is 6.54 Å². The molecule has 1 aromatic rings. The average molecular weight is 282 g/mol. The third-order valence-electron chi connectivity index (χ3n) is 3.72. The van der Waals surface area contributed by atoms with Crippen LogP contribution in [0.15, 0.2) is 35.2 Å². The van der Waals surface area contributed by atoms with Gasteiger partial charge in [-0.05, 0) is 25.0 Å². The summed E-state index contributed by atoms with van der Waals surface area (Å²) in [7, 11) is -3.59. The molecule has 0 saturated carbocycles. The Bertz CT molecular complexity index is 601. The maximum absolute atomic E-state index is 12.5. The minimum absolute atomic E-state index is 0.211. The van der Waals surface area contributed by atoms with Crippen LogP contribution in [0.2, 0.25) is 0 Å². The van der Waals surface area contributed by atoms with Crippen molar-refractivity contribution in [3.05, 3.63) is 30.3 Å². The number of hydroxylamine groups is 2. The first-order chi connectivity index (χ1) is 9.01. The second kappa shape index (κ2) is 4.21. The van der Waals surface area contributed by atoms with Crippen LogP contribution in [0.1, 0.15) is 12.8 Å². The van der Waals surface area contributed by atoms with Crippen LogP contribution in [0.3, 0.4) is 0 Å². The molecule has 7 heteroatoms. The first-order valence-corrected chi connectivity index (χ1v) is 7.64. The van der Waals surface area contributed by atoms with Gasteiger partial charge in [0.25, 0.3) is 0 Å². The smallest absolute Gasteiger partial charge is 0.303 e. The summed E-state index contributed by atoms with van der Waals surface area (Å²) in [5.74, 6) is 0. The monoisotopic (exact) mass is 282 g/mol. The second-order valence-electron chi connectivity index (χ2n) is 4.82. The summed E-state index contributed by atoms with van der Waals surface area (Å²) in [6, 6.07) is 7.21. The van der Waals surface area contributed by atoms with Crippen LogP contribution in [0, 0.1) is 0 Å². The largest absolute Gasteiger partial charge is 0.345 e. The van der Waals surface area contributed by atoms with Gasteiger partial charge < -0.3 is 4.90 Å². The first kappa shape index (κ1) is 12.4. The molecule has 102 valence electrons. The van der Waals surface area contributed by atoms with Gasteiger partial charge in [-0.2, -0.15) is 0 Å². The lowest BCUT2D eigenvalue weighted by Crippen LogP contribution is -2.44. The number of hydrogen-bond donors (Lipinski definition) is 1. The molecule has 2 atom stereocenters. The van der Waals surface area contributed by atoms with Gasteiger partial charge >= 0.3 is 6.03 Å². The SMILES string of the molecule is O=C1N(O)[C@@H]2CC[C@@H](S(=O)(=O)c3ccccc3)N1C2. The van der Waals surface area contributed by atoms with E-state index in [1.165, 1.54) is 17.0 Å². The van der Waals surface area contributed by atoms with Crippen molar-refractivity contribution >= 4 is 15.9 Å². The number of fused-ring (bicyclic) bond motifs is 2. The van der Waals surface area contributed by atoms with Gasteiger partial charge in [0.1, 0.15) is 5.37 Å². The average Bonchev–Trinajstić information content (AvgIpc) is 2.65. The van der Waals surface area contributed by atoms with Gasteiger partial charge in [-0.1, -0.05) is 18.2 Å². The number of carbonyl (C=O) groups excluding carboxylic acids is 1. The summed E-state index contributed by atoms with van der Waals surface area (Å²) < 4.78 is 25.1. The number of amides is 2. The standard InChI is InChI=1S/C12H14N2O4S/c15-12-13-8-9(14(12)16)6-7-11(13)19(17,18)10-4-2-1-3-5-10/h1-5,9,11,16H,6-8H2/t9-,11-/m1/s1. The molecule has 3 rings (SSSR count). The molecule has 2 saturated heterocycles. The lowest BCUT2D eigenvalue weighted by molar-refractivity contribution is -0.0583. The summed E-state index contributed by atoms with van der Waals surface area (Å²) in [4.78, 5) is 13.3. The predicted molar refractivity (Wildman–Crippen MR) is 66.2 cm³/mol. The van der Waals surface area contributed by atoms with E-state index in [1.807, 2.05) is 0 Å². The van der Waals surface area contributed by atoms with Gasteiger partial charge in [0, 0.05) is 6.54 Å². The van der Waals surface area contributed by atoms with Gasteiger partial charge in [-0.25, -0.2) is 18.3 Å². The normalized spacial score (nSPS) is 26.9. The van der Waals surface area contributed by atoms with Crippen molar-refractivity contribution in [2.45, 2.75) is 29.2 Å². The Labute approximate surface area is 111 Å². The first-order valence-electron chi connectivity index (χ1n) is 6.09. The molecule has 19 heavy (non-hydrogen) atoms. The predicted octanol–water partition coefficient (Wildman–Crippen LogP) is 1.08. The summed E-state index contributed by atoms with van der Waals surface area (Å²) in [6.45, 7) is 0.270. The Morgan fingerprint density at radius 1 is 1.16 bits per heavy atom. The van der Waals surface area contributed by atoms with E-state index >= 15 is 0 Å². The third-order valence-corrected chi connectivity index (χ3v) is 5.86. The summed E-state index contributed by atoms with van der Waals surface area (Å²) in [5, 5.41) is 9.34. The topological polar surface area (TPSA) is 77.9 Å². The molecule has 2 bridgehead atoms. The van der Waals surface area contributed by atoms with Crippen molar-refractivity contribution in [2.24, 2.45) is 0 Å². The molecule has 2 amide bonds. The highest BCUT2D eigenvalue weighted by Crippen LogP contribution is 2.33. The fourth-order valence-electron chi connectivity index (χ4n) is 2.71. The zero-order valence-corrected chi connectivity index (χ0v) is 11.0. The molecule has 1 N–H and O–H groups in total. The van der Waals surface area contributed by atoms with E-state index in [0.717, 1.165) is 0 Å². The Kier molecular flexibility index (Phi) is 2.75. The van der Waals surface area contributed by atoms with Crippen LogP contribution in [-0.4, -0.2) is 47.6 Å². The molecule has 0 aromatic heterocycles. The number of rotatable bonds is 2. The summed E-state index contributed by atoms with van der Waals surface area (Å²) in [6.07, 6.45) is 0.847. The van der Waals surface area contributed by atoms with Crippen LogP contribution in [-0.2, 0) is 9.84 Å². The van der Waals surface area contributed by atoms with Gasteiger partial charge in [0.15, 0.2) is 9.84 Å². The van der Waals surface area contributed by atoms with Gasteiger partial charge in [-0.15, -0.1) is 0 Å². The van der Waals surface area contributed by atoms with Crippen molar-refractivity contribution in [3.63, 3.8) is 0 Å². The minimum atomic E-state index is -3.59. The number of carbonyl (C=O) groups is 1. The highest BCUT2D eigenvalue weighted by Gasteiger charge is 2.49.